The zero-order chi connectivity index (χ0) is 22.5. The number of nitrogens with one attached hydrogen (secondary N) is 1. The van der Waals surface area contributed by atoms with Crippen molar-refractivity contribution < 1.29 is 4.79 Å². The summed E-state index contributed by atoms with van der Waals surface area (Å²) in [6.45, 7) is 3.17. The van der Waals surface area contributed by atoms with Crippen LogP contribution in [0.5, 0.6) is 0 Å². The zero-order valence-corrected chi connectivity index (χ0v) is 19.3. The lowest BCUT2D eigenvalue weighted by Gasteiger charge is -2.20. The van der Waals surface area contributed by atoms with Crippen LogP contribution in [0.2, 0.25) is 0 Å². The van der Waals surface area contributed by atoms with Crippen LogP contribution in [0.25, 0.3) is 16.7 Å². The molecular weight excluding hydrogens is 434 g/mol. The summed E-state index contributed by atoms with van der Waals surface area (Å²) in [6.07, 6.45) is 3.14. The van der Waals surface area contributed by atoms with Gasteiger partial charge in [-0.2, -0.15) is 11.8 Å². The van der Waals surface area contributed by atoms with E-state index in [1.807, 2.05) is 52.3 Å². The zero-order valence-electron chi connectivity index (χ0n) is 18.5. The number of aromatic amines is 1. The summed E-state index contributed by atoms with van der Waals surface area (Å²) >= 11 is 2.00. The van der Waals surface area contributed by atoms with E-state index < -0.39 is 0 Å². The van der Waals surface area contributed by atoms with Gasteiger partial charge in [0, 0.05) is 25.1 Å². The van der Waals surface area contributed by atoms with Crippen LogP contribution in [-0.4, -0.2) is 41.9 Å². The molecule has 33 heavy (non-hydrogen) atoms. The molecule has 8 heteroatoms. The van der Waals surface area contributed by atoms with Gasteiger partial charge in [-0.15, -0.1) is 10.2 Å². The molecule has 7 nitrogen and oxygen atoms in total. The third kappa shape index (κ3) is 3.53. The number of nitrogens with zero attached hydrogens (tertiary/aromatic N) is 4. The first-order chi connectivity index (χ1) is 16.1. The Kier molecular flexibility index (Phi) is 4.98. The number of H-pyrrole nitrogens is 1. The van der Waals surface area contributed by atoms with Crippen molar-refractivity contribution in [3.63, 3.8) is 0 Å². The molecule has 0 radical (unpaired) electrons. The minimum absolute atomic E-state index is 0.0183. The second-order valence-corrected chi connectivity index (χ2v) is 10.3. The van der Waals surface area contributed by atoms with E-state index in [9.17, 15) is 9.59 Å². The summed E-state index contributed by atoms with van der Waals surface area (Å²) in [4.78, 5) is 31.0. The molecule has 2 aromatic carbocycles. The fraction of sp³-hybridized carbons (Fsp3) is 0.360. The third-order valence-electron chi connectivity index (χ3n) is 6.94. The van der Waals surface area contributed by atoms with Gasteiger partial charge in [0.1, 0.15) is 5.82 Å². The maximum absolute atomic E-state index is 13.4. The van der Waals surface area contributed by atoms with Gasteiger partial charge < -0.3 is 9.88 Å². The van der Waals surface area contributed by atoms with Crippen LogP contribution in [0.1, 0.15) is 45.7 Å². The van der Waals surface area contributed by atoms with Gasteiger partial charge in [0.25, 0.3) is 11.5 Å². The van der Waals surface area contributed by atoms with Gasteiger partial charge in [0.2, 0.25) is 5.65 Å². The topological polar surface area (TPSA) is 83.4 Å². The van der Waals surface area contributed by atoms with Gasteiger partial charge in [0.05, 0.1) is 11.0 Å². The molecular formula is C25H25N5O2S. The maximum atomic E-state index is 13.4. The Bertz CT molecular complexity index is 1430. The van der Waals surface area contributed by atoms with Gasteiger partial charge in [-0.25, -0.2) is 0 Å². The third-order valence-corrected chi connectivity index (χ3v) is 7.98. The fourth-order valence-corrected chi connectivity index (χ4v) is 6.30. The highest BCUT2D eigenvalue weighted by Crippen LogP contribution is 2.28. The molecule has 2 aliphatic heterocycles. The molecule has 0 spiro atoms. The summed E-state index contributed by atoms with van der Waals surface area (Å²) in [5.74, 6) is 3.72. The van der Waals surface area contributed by atoms with E-state index in [-0.39, 0.29) is 11.5 Å². The summed E-state index contributed by atoms with van der Waals surface area (Å²) < 4.78 is 1.89. The van der Waals surface area contributed by atoms with E-state index in [1.165, 1.54) is 22.6 Å². The molecule has 1 saturated heterocycles. The quantitative estimate of drug-likeness (QED) is 0.505. The molecule has 168 valence electrons. The number of aryl methyl sites for hydroxylation is 1. The number of amides is 1. The number of hydrogen-bond donors (Lipinski definition) is 1. The SMILES string of the molecule is Cc1cc2c(cc1C(=O)N1Cc3ccccc3C1)[nH]c(=O)c1nnc(CC3CCSCC3)n12. The molecule has 0 bridgehead atoms. The number of hydrogen-bond acceptors (Lipinski definition) is 5. The van der Waals surface area contributed by atoms with Crippen LogP contribution >= 0.6 is 11.8 Å². The largest absolute Gasteiger partial charge is 0.330 e. The van der Waals surface area contributed by atoms with Crippen molar-refractivity contribution in [2.45, 2.75) is 39.3 Å². The van der Waals surface area contributed by atoms with Crippen LogP contribution in [0.15, 0.2) is 41.2 Å². The van der Waals surface area contributed by atoms with Gasteiger partial charge in [-0.05, 0) is 66.0 Å². The van der Waals surface area contributed by atoms with E-state index in [1.54, 1.807) is 0 Å². The molecule has 2 aliphatic rings. The number of benzene rings is 2. The average molecular weight is 460 g/mol. The first-order valence-electron chi connectivity index (χ1n) is 11.4. The highest BCUT2D eigenvalue weighted by atomic mass is 32.2. The highest BCUT2D eigenvalue weighted by Gasteiger charge is 2.26. The van der Waals surface area contributed by atoms with Gasteiger partial charge in [0.15, 0.2) is 0 Å². The lowest BCUT2D eigenvalue weighted by atomic mass is 9.98. The highest BCUT2D eigenvalue weighted by molar-refractivity contribution is 7.99. The predicted octanol–water partition coefficient (Wildman–Crippen LogP) is 3.72. The van der Waals surface area contributed by atoms with Gasteiger partial charge in [-0.1, -0.05) is 24.3 Å². The molecule has 4 aromatic rings. The van der Waals surface area contributed by atoms with Crippen LogP contribution in [0.4, 0.5) is 0 Å². The Morgan fingerprint density at radius 3 is 2.58 bits per heavy atom. The molecule has 1 fully saturated rings. The number of rotatable bonds is 3. The van der Waals surface area contributed by atoms with Crippen LogP contribution in [0, 0.1) is 12.8 Å². The van der Waals surface area contributed by atoms with Gasteiger partial charge >= 0.3 is 0 Å². The van der Waals surface area contributed by atoms with Crippen molar-refractivity contribution in [2.24, 2.45) is 5.92 Å². The normalized spacial score (nSPS) is 16.6. The van der Waals surface area contributed by atoms with Crippen molar-refractivity contribution in [3.8, 4) is 0 Å². The predicted molar refractivity (Wildman–Crippen MR) is 130 cm³/mol. The summed E-state index contributed by atoms with van der Waals surface area (Å²) in [5.41, 5.74) is 5.39. The monoisotopic (exact) mass is 459 g/mol. The number of carbonyl (C=O) groups excluding carboxylic acids is 1. The van der Waals surface area contributed by atoms with E-state index in [0.717, 1.165) is 36.2 Å². The maximum Gasteiger partial charge on any atom is 0.294 e. The fourth-order valence-electron chi connectivity index (χ4n) is 5.09. The van der Waals surface area contributed by atoms with Crippen LogP contribution < -0.4 is 5.56 Å². The van der Waals surface area contributed by atoms with Crippen molar-refractivity contribution in [1.29, 1.82) is 0 Å². The van der Waals surface area contributed by atoms with Crippen LogP contribution in [0.3, 0.4) is 0 Å². The van der Waals surface area contributed by atoms with Crippen molar-refractivity contribution in [1.82, 2.24) is 24.5 Å². The summed E-state index contributed by atoms with van der Waals surface area (Å²) in [7, 11) is 0. The molecule has 1 N–H and O–H groups in total. The van der Waals surface area contributed by atoms with Crippen molar-refractivity contribution >= 4 is 34.3 Å². The Balaban J connectivity index is 1.40. The molecule has 2 aromatic heterocycles. The van der Waals surface area contributed by atoms with E-state index in [2.05, 4.69) is 27.3 Å². The Morgan fingerprint density at radius 1 is 1.12 bits per heavy atom. The smallest absolute Gasteiger partial charge is 0.294 e. The molecule has 0 unspecified atom stereocenters. The molecule has 1 amide bonds. The molecule has 0 saturated carbocycles. The number of aromatic nitrogens is 4. The van der Waals surface area contributed by atoms with E-state index in [4.69, 9.17) is 0 Å². The molecule has 0 atom stereocenters. The van der Waals surface area contributed by atoms with E-state index >= 15 is 0 Å². The number of fused-ring (bicyclic) bond motifs is 4. The average Bonchev–Trinajstić information content (AvgIpc) is 3.45. The first kappa shape index (κ1) is 20.5. The molecule has 4 heterocycles. The lowest BCUT2D eigenvalue weighted by Crippen LogP contribution is -2.26. The Hall–Kier alpha value is -3.13. The minimum atomic E-state index is -0.281. The summed E-state index contributed by atoms with van der Waals surface area (Å²) in [6, 6.07) is 12.0. The number of thioether (sulfide) groups is 1. The standard InChI is InChI=1S/C25H25N5O2S/c1-15-10-21-20(12-19(15)25(32)29-13-17-4-2-3-5-18(17)14-29)26-24(31)23-28-27-22(30(21)23)11-16-6-8-33-9-7-16/h2-5,10,12,16H,6-9,11,13-14H2,1H3,(H,26,31). The van der Waals surface area contributed by atoms with Gasteiger partial charge in [-0.3, -0.25) is 14.0 Å². The first-order valence-corrected chi connectivity index (χ1v) is 12.6. The van der Waals surface area contributed by atoms with Crippen molar-refractivity contribution in [2.75, 3.05) is 11.5 Å². The second-order valence-electron chi connectivity index (χ2n) is 9.10. The number of carbonyl (C=O) groups is 1. The van der Waals surface area contributed by atoms with Crippen molar-refractivity contribution in [3.05, 3.63) is 74.8 Å². The minimum Gasteiger partial charge on any atom is -0.330 e. The Morgan fingerprint density at radius 2 is 1.85 bits per heavy atom. The lowest BCUT2D eigenvalue weighted by molar-refractivity contribution is 0.0751. The molecule has 6 rings (SSSR count). The summed E-state index contributed by atoms with van der Waals surface area (Å²) in [5, 5.41) is 8.58. The second kappa shape index (κ2) is 8.02. The Labute approximate surface area is 195 Å². The van der Waals surface area contributed by atoms with Crippen LogP contribution in [-0.2, 0) is 19.5 Å². The van der Waals surface area contributed by atoms with E-state index in [0.29, 0.717) is 35.7 Å². The molecule has 0 aliphatic carbocycles.